The largest absolute Gasteiger partial charge is 0.378 e. The van der Waals surface area contributed by atoms with E-state index in [9.17, 15) is 8.42 Å². The number of sulfonamides is 1. The van der Waals surface area contributed by atoms with Crippen LogP contribution < -0.4 is 9.62 Å². The number of rotatable bonds is 6. The summed E-state index contributed by atoms with van der Waals surface area (Å²) >= 11 is 1.73. The van der Waals surface area contributed by atoms with Crippen molar-refractivity contribution in [2.75, 3.05) is 51.3 Å². The highest BCUT2D eigenvalue weighted by atomic mass is 32.2. The first kappa shape index (κ1) is 23.7. The lowest BCUT2D eigenvalue weighted by molar-refractivity contribution is 0.122. The Morgan fingerprint density at radius 2 is 1.97 bits per heavy atom. The van der Waals surface area contributed by atoms with Crippen molar-refractivity contribution < 1.29 is 13.2 Å². The molecule has 2 N–H and O–H groups in total. The number of morpholine rings is 1. The van der Waals surface area contributed by atoms with Crippen molar-refractivity contribution in [1.82, 2.24) is 29.8 Å². The Morgan fingerprint density at radius 3 is 2.75 bits per heavy atom. The van der Waals surface area contributed by atoms with Crippen molar-refractivity contribution in [2.45, 2.75) is 24.6 Å². The SMILES string of the molecule is CNS(=O)(=O)C1CCN(Cc2cc3nc(-c4cccc5[nH]ncc45)nc(N4CCOCC4)c3s2)CC1. The van der Waals surface area contributed by atoms with Crippen LogP contribution in [0.3, 0.4) is 0 Å². The van der Waals surface area contributed by atoms with Crippen molar-refractivity contribution in [1.29, 1.82) is 0 Å². The van der Waals surface area contributed by atoms with Gasteiger partial charge in [-0.05, 0) is 45.1 Å². The average Bonchev–Trinajstić information content (AvgIpc) is 3.55. The van der Waals surface area contributed by atoms with Crippen molar-refractivity contribution in [2.24, 2.45) is 0 Å². The van der Waals surface area contributed by atoms with E-state index >= 15 is 0 Å². The van der Waals surface area contributed by atoms with E-state index < -0.39 is 10.0 Å². The number of piperidine rings is 1. The Hall–Kier alpha value is -2.64. The summed E-state index contributed by atoms with van der Waals surface area (Å²) in [6.45, 7) is 5.25. The van der Waals surface area contributed by atoms with E-state index in [2.05, 4.69) is 30.8 Å². The van der Waals surface area contributed by atoms with Gasteiger partial charge in [-0.2, -0.15) is 5.10 Å². The molecule has 190 valence electrons. The zero-order valence-corrected chi connectivity index (χ0v) is 21.7. The maximum absolute atomic E-state index is 12.2. The topological polar surface area (TPSA) is 116 Å². The maximum atomic E-state index is 12.2. The highest BCUT2D eigenvalue weighted by molar-refractivity contribution is 7.90. The standard InChI is InChI=1S/C24H29N7O3S2/c1-25-36(32,33)17-5-7-30(8-6-17)15-16-13-21-22(35-16)24(31-9-11-34-12-10-31)28-23(27-21)18-3-2-4-20-19(18)14-26-29-20/h2-4,13-14,17,25H,5-12,15H2,1H3,(H,26,29). The minimum atomic E-state index is -3.21. The normalized spacial score (nSPS) is 18.4. The molecule has 12 heteroatoms. The van der Waals surface area contributed by atoms with Gasteiger partial charge in [0.05, 0.1) is 40.4 Å². The summed E-state index contributed by atoms with van der Waals surface area (Å²) in [7, 11) is -1.72. The Balaban J connectivity index is 1.33. The number of aromatic amines is 1. The van der Waals surface area contributed by atoms with E-state index in [1.807, 2.05) is 24.4 Å². The average molecular weight is 528 g/mol. The van der Waals surface area contributed by atoms with Crippen molar-refractivity contribution in [3.8, 4) is 11.4 Å². The Kier molecular flexibility index (Phi) is 6.38. The lowest BCUT2D eigenvalue weighted by Gasteiger charge is -2.31. The summed E-state index contributed by atoms with van der Waals surface area (Å²) in [6.07, 6.45) is 3.11. The fourth-order valence-electron chi connectivity index (χ4n) is 5.08. The number of hydrogen-bond acceptors (Lipinski definition) is 9. The van der Waals surface area contributed by atoms with Gasteiger partial charge in [0.1, 0.15) is 0 Å². The van der Waals surface area contributed by atoms with Gasteiger partial charge in [-0.1, -0.05) is 12.1 Å². The van der Waals surface area contributed by atoms with Crippen molar-refractivity contribution in [3.05, 3.63) is 35.3 Å². The lowest BCUT2D eigenvalue weighted by atomic mass is 10.1. The predicted molar refractivity (Wildman–Crippen MR) is 142 cm³/mol. The first-order valence-corrected chi connectivity index (χ1v) is 14.6. The molecule has 0 amide bonds. The van der Waals surface area contributed by atoms with Gasteiger partial charge in [0, 0.05) is 35.5 Å². The molecule has 0 radical (unpaired) electrons. The molecule has 0 bridgehead atoms. The van der Waals surface area contributed by atoms with Crippen LogP contribution in [-0.4, -0.2) is 85.2 Å². The first-order chi connectivity index (χ1) is 17.5. The molecule has 0 spiro atoms. The number of hydrogen-bond donors (Lipinski definition) is 2. The van der Waals surface area contributed by atoms with Gasteiger partial charge in [0.15, 0.2) is 11.6 Å². The molecule has 0 aliphatic carbocycles. The zero-order chi connectivity index (χ0) is 24.7. The van der Waals surface area contributed by atoms with Gasteiger partial charge in [-0.3, -0.25) is 10.00 Å². The molecule has 3 aromatic heterocycles. The van der Waals surface area contributed by atoms with Gasteiger partial charge >= 0.3 is 0 Å². The van der Waals surface area contributed by atoms with Gasteiger partial charge in [-0.25, -0.2) is 23.1 Å². The molecule has 2 fully saturated rings. The van der Waals surface area contributed by atoms with Crippen LogP contribution in [-0.2, 0) is 21.3 Å². The van der Waals surface area contributed by atoms with Crippen LogP contribution in [0, 0.1) is 0 Å². The van der Waals surface area contributed by atoms with Crippen molar-refractivity contribution in [3.63, 3.8) is 0 Å². The van der Waals surface area contributed by atoms with Gasteiger partial charge in [0.25, 0.3) is 0 Å². The number of nitrogens with zero attached hydrogens (tertiary/aromatic N) is 5. The third kappa shape index (κ3) is 4.48. The number of ether oxygens (including phenoxy) is 1. The van der Waals surface area contributed by atoms with E-state index in [0.29, 0.717) is 31.9 Å². The molecule has 0 unspecified atom stereocenters. The molecular weight excluding hydrogens is 498 g/mol. The van der Waals surface area contributed by atoms with Crippen LogP contribution in [0.15, 0.2) is 30.5 Å². The number of likely N-dealkylation sites (tertiary alicyclic amines) is 1. The van der Waals surface area contributed by atoms with Crippen LogP contribution in [0.1, 0.15) is 17.7 Å². The lowest BCUT2D eigenvalue weighted by Crippen LogP contribution is -2.42. The number of H-pyrrole nitrogens is 1. The van der Waals surface area contributed by atoms with Crippen LogP contribution in [0.25, 0.3) is 32.5 Å². The molecule has 10 nitrogen and oxygen atoms in total. The minimum Gasteiger partial charge on any atom is -0.378 e. The minimum absolute atomic E-state index is 0.312. The second kappa shape index (κ2) is 9.67. The smallest absolute Gasteiger partial charge is 0.214 e. The quantitative estimate of drug-likeness (QED) is 0.393. The van der Waals surface area contributed by atoms with Gasteiger partial charge in [0.2, 0.25) is 10.0 Å². The molecule has 4 aromatic rings. The zero-order valence-electron chi connectivity index (χ0n) is 20.1. The van der Waals surface area contributed by atoms with Gasteiger partial charge < -0.3 is 9.64 Å². The molecule has 2 aliphatic rings. The summed E-state index contributed by atoms with van der Waals surface area (Å²) in [6, 6.07) is 8.20. The van der Waals surface area contributed by atoms with Crippen LogP contribution in [0.5, 0.6) is 0 Å². The number of nitrogens with one attached hydrogen (secondary N) is 2. The molecule has 5 heterocycles. The molecule has 0 saturated carbocycles. The summed E-state index contributed by atoms with van der Waals surface area (Å²) in [4.78, 5) is 15.9. The maximum Gasteiger partial charge on any atom is 0.214 e. The van der Waals surface area contributed by atoms with Gasteiger partial charge in [-0.15, -0.1) is 11.3 Å². The van der Waals surface area contributed by atoms with E-state index in [-0.39, 0.29) is 5.25 Å². The molecule has 6 rings (SSSR count). The highest BCUT2D eigenvalue weighted by Crippen LogP contribution is 2.36. The molecule has 36 heavy (non-hydrogen) atoms. The third-order valence-corrected chi connectivity index (χ3v) is 10.1. The Bertz CT molecular complexity index is 1490. The summed E-state index contributed by atoms with van der Waals surface area (Å²) in [5, 5.41) is 7.93. The summed E-state index contributed by atoms with van der Waals surface area (Å²) < 4.78 is 33.5. The third-order valence-electron chi connectivity index (χ3n) is 7.08. The molecule has 2 saturated heterocycles. The fourth-order valence-corrected chi connectivity index (χ4v) is 7.40. The molecule has 1 aromatic carbocycles. The monoisotopic (exact) mass is 527 g/mol. The first-order valence-electron chi connectivity index (χ1n) is 12.2. The van der Waals surface area contributed by atoms with E-state index in [0.717, 1.165) is 65.2 Å². The molecule has 2 aliphatic heterocycles. The fraction of sp³-hybridized carbons (Fsp3) is 0.458. The number of benzene rings is 1. The summed E-state index contributed by atoms with van der Waals surface area (Å²) in [5.41, 5.74) is 2.85. The van der Waals surface area contributed by atoms with E-state index in [1.165, 1.54) is 11.9 Å². The van der Waals surface area contributed by atoms with E-state index in [4.69, 9.17) is 14.7 Å². The number of anilines is 1. The molecular formula is C24H29N7O3S2. The molecule has 0 atom stereocenters. The number of aromatic nitrogens is 4. The summed E-state index contributed by atoms with van der Waals surface area (Å²) in [5.74, 6) is 1.65. The number of fused-ring (bicyclic) bond motifs is 2. The Morgan fingerprint density at radius 1 is 1.17 bits per heavy atom. The van der Waals surface area contributed by atoms with Crippen LogP contribution in [0.4, 0.5) is 5.82 Å². The van der Waals surface area contributed by atoms with Crippen LogP contribution >= 0.6 is 11.3 Å². The predicted octanol–water partition coefficient (Wildman–Crippen LogP) is 2.58. The van der Waals surface area contributed by atoms with Crippen molar-refractivity contribution >= 4 is 48.3 Å². The number of thiophene rings is 1. The highest BCUT2D eigenvalue weighted by Gasteiger charge is 2.29. The second-order valence-electron chi connectivity index (χ2n) is 9.26. The second-order valence-corrected chi connectivity index (χ2v) is 12.6. The van der Waals surface area contributed by atoms with E-state index in [1.54, 1.807) is 11.3 Å². The Labute approximate surface area is 213 Å². The van der Waals surface area contributed by atoms with Crippen LogP contribution in [0.2, 0.25) is 0 Å².